The average molecular weight is 258 g/mol. The maximum atomic E-state index is 12.8. The Labute approximate surface area is 104 Å². The second kappa shape index (κ2) is 6.30. The van der Waals surface area contributed by atoms with E-state index in [0.717, 1.165) is 0 Å². The van der Waals surface area contributed by atoms with Gasteiger partial charge >= 0.3 is 0 Å². The highest BCUT2D eigenvalue weighted by atomic mass is 19.3. The predicted molar refractivity (Wildman–Crippen MR) is 63.7 cm³/mol. The first-order chi connectivity index (χ1) is 8.46. The van der Waals surface area contributed by atoms with Gasteiger partial charge in [0.25, 0.3) is 5.92 Å². The largest absolute Gasteiger partial charge is 0.497 e. The van der Waals surface area contributed by atoms with Gasteiger partial charge in [0.05, 0.1) is 26.6 Å². The molecule has 0 fully saturated rings. The maximum Gasteiger partial charge on any atom is 0.277 e. The molecule has 3 N–H and O–H groups in total. The Kier molecular flexibility index (Phi) is 5.03. The first-order valence-corrected chi connectivity index (χ1v) is 5.44. The van der Waals surface area contributed by atoms with Crippen molar-refractivity contribution in [3.63, 3.8) is 0 Å². The van der Waals surface area contributed by atoms with E-state index in [4.69, 9.17) is 10.5 Å². The number of rotatable bonds is 6. The smallest absolute Gasteiger partial charge is 0.277 e. The van der Waals surface area contributed by atoms with Crippen molar-refractivity contribution in [2.24, 2.45) is 5.73 Å². The Morgan fingerprint density at radius 2 is 2.22 bits per heavy atom. The monoisotopic (exact) mass is 258 g/mol. The van der Waals surface area contributed by atoms with Gasteiger partial charge in [-0.05, 0) is 17.7 Å². The summed E-state index contributed by atoms with van der Waals surface area (Å²) >= 11 is 0. The third kappa shape index (κ3) is 4.67. The van der Waals surface area contributed by atoms with Gasteiger partial charge in [-0.15, -0.1) is 0 Å². The molecule has 0 saturated heterocycles. The summed E-state index contributed by atoms with van der Waals surface area (Å²) in [7, 11) is 1.51. The highest BCUT2D eigenvalue weighted by molar-refractivity contribution is 5.78. The lowest BCUT2D eigenvalue weighted by Crippen LogP contribution is -2.42. The van der Waals surface area contributed by atoms with Crippen LogP contribution in [0.25, 0.3) is 0 Å². The maximum absolute atomic E-state index is 12.8. The molecular formula is C12H16F2N2O2. The molecule has 6 heteroatoms. The van der Waals surface area contributed by atoms with E-state index in [1.54, 1.807) is 24.3 Å². The summed E-state index contributed by atoms with van der Waals surface area (Å²) < 4.78 is 30.6. The molecule has 1 rings (SSSR count). The minimum absolute atomic E-state index is 0.0256. The van der Waals surface area contributed by atoms with E-state index in [1.165, 1.54) is 7.11 Å². The van der Waals surface area contributed by atoms with E-state index in [9.17, 15) is 13.6 Å². The van der Waals surface area contributed by atoms with Crippen LogP contribution in [0.5, 0.6) is 5.75 Å². The Hall–Kier alpha value is -1.69. The van der Waals surface area contributed by atoms with Gasteiger partial charge in [-0.25, -0.2) is 8.78 Å². The zero-order chi connectivity index (χ0) is 13.6. The standard InChI is InChI=1S/C12H16F2N2O2/c1-18-10-4-2-3-9(5-10)6-11(17)16-8-12(13,14)7-15/h2-5H,6-8,15H2,1H3,(H,16,17). The van der Waals surface area contributed by atoms with Gasteiger partial charge in [0.15, 0.2) is 0 Å². The molecule has 0 heterocycles. The molecule has 100 valence electrons. The SMILES string of the molecule is COc1cccc(CC(=O)NCC(F)(F)CN)c1. The zero-order valence-corrected chi connectivity index (χ0v) is 10.1. The van der Waals surface area contributed by atoms with Gasteiger partial charge < -0.3 is 15.8 Å². The molecule has 0 radical (unpaired) electrons. The van der Waals surface area contributed by atoms with E-state index in [-0.39, 0.29) is 6.42 Å². The van der Waals surface area contributed by atoms with Crippen LogP contribution in [0.2, 0.25) is 0 Å². The fourth-order valence-electron chi connectivity index (χ4n) is 1.33. The van der Waals surface area contributed by atoms with Crippen molar-refractivity contribution < 1.29 is 18.3 Å². The summed E-state index contributed by atoms with van der Waals surface area (Å²) in [4.78, 5) is 11.4. The number of nitrogens with two attached hydrogens (primary N) is 1. The molecule has 0 aromatic heterocycles. The molecule has 0 aliphatic carbocycles. The molecule has 0 atom stereocenters. The Morgan fingerprint density at radius 3 is 2.83 bits per heavy atom. The molecule has 1 aromatic carbocycles. The molecule has 1 amide bonds. The van der Waals surface area contributed by atoms with E-state index in [0.29, 0.717) is 11.3 Å². The number of nitrogens with one attached hydrogen (secondary N) is 1. The number of hydrogen-bond acceptors (Lipinski definition) is 3. The number of carbonyl (C=O) groups is 1. The first-order valence-electron chi connectivity index (χ1n) is 5.44. The first kappa shape index (κ1) is 14.4. The molecule has 0 aliphatic heterocycles. The van der Waals surface area contributed by atoms with Crippen LogP contribution >= 0.6 is 0 Å². The van der Waals surface area contributed by atoms with Crippen LogP contribution in [-0.4, -0.2) is 32.0 Å². The average Bonchev–Trinajstić information content (AvgIpc) is 2.37. The number of ether oxygens (including phenoxy) is 1. The molecule has 0 unspecified atom stereocenters. The summed E-state index contributed by atoms with van der Waals surface area (Å²) in [5, 5.41) is 2.15. The highest BCUT2D eigenvalue weighted by Crippen LogP contribution is 2.13. The lowest BCUT2D eigenvalue weighted by atomic mass is 10.1. The third-order valence-electron chi connectivity index (χ3n) is 2.34. The van der Waals surface area contributed by atoms with E-state index >= 15 is 0 Å². The van der Waals surface area contributed by atoms with Gasteiger partial charge in [-0.2, -0.15) is 0 Å². The highest BCUT2D eigenvalue weighted by Gasteiger charge is 2.27. The number of carbonyl (C=O) groups excluding carboxylic acids is 1. The van der Waals surface area contributed by atoms with E-state index in [2.05, 4.69) is 5.32 Å². The van der Waals surface area contributed by atoms with E-state index < -0.39 is 24.9 Å². The lowest BCUT2D eigenvalue weighted by Gasteiger charge is -2.14. The Bertz CT molecular complexity index is 411. The van der Waals surface area contributed by atoms with Crippen molar-refractivity contribution in [2.45, 2.75) is 12.3 Å². The van der Waals surface area contributed by atoms with Crippen LogP contribution in [0.15, 0.2) is 24.3 Å². The third-order valence-corrected chi connectivity index (χ3v) is 2.34. The van der Waals surface area contributed by atoms with Gasteiger partial charge in [-0.3, -0.25) is 4.79 Å². The molecule has 0 aliphatic rings. The molecule has 0 bridgehead atoms. The second-order valence-electron chi connectivity index (χ2n) is 3.87. The fourth-order valence-corrected chi connectivity index (χ4v) is 1.33. The molecule has 0 saturated carbocycles. The van der Waals surface area contributed by atoms with Crippen molar-refractivity contribution in [1.82, 2.24) is 5.32 Å². The lowest BCUT2D eigenvalue weighted by molar-refractivity contribution is -0.122. The van der Waals surface area contributed by atoms with Crippen LogP contribution in [0, 0.1) is 0 Å². The summed E-state index contributed by atoms with van der Waals surface area (Å²) in [6, 6.07) is 6.88. The molecule has 0 spiro atoms. The van der Waals surface area contributed by atoms with Gasteiger partial charge in [0.2, 0.25) is 5.91 Å². The fraction of sp³-hybridized carbons (Fsp3) is 0.417. The van der Waals surface area contributed by atoms with Crippen LogP contribution in [-0.2, 0) is 11.2 Å². The topological polar surface area (TPSA) is 64.3 Å². The van der Waals surface area contributed by atoms with Crippen molar-refractivity contribution in [3.05, 3.63) is 29.8 Å². The summed E-state index contributed by atoms with van der Waals surface area (Å²) in [5.41, 5.74) is 5.56. The number of halogens is 2. The van der Waals surface area contributed by atoms with Gasteiger partial charge in [0, 0.05) is 0 Å². The van der Waals surface area contributed by atoms with Crippen molar-refractivity contribution in [2.75, 3.05) is 20.2 Å². The van der Waals surface area contributed by atoms with Gasteiger partial charge in [0.1, 0.15) is 5.75 Å². The molecule has 18 heavy (non-hydrogen) atoms. The van der Waals surface area contributed by atoms with Crippen molar-refractivity contribution in [1.29, 1.82) is 0 Å². The predicted octanol–water partition coefficient (Wildman–Crippen LogP) is 0.948. The van der Waals surface area contributed by atoms with Crippen molar-refractivity contribution >= 4 is 5.91 Å². The van der Waals surface area contributed by atoms with Crippen LogP contribution in [0.1, 0.15) is 5.56 Å². The number of benzene rings is 1. The minimum atomic E-state index is -3.07. The van der Waals surface area contributed by atoms with Crippen LogP contribution in [0.4, 0.5) is 8.78 Å². The normalized spacial score (nSPS) is 11.1. The van der Waals surface area contributed by atoms with E-state index in [1.807, 2.05) is 0 Å². The molecule has 1 aromatic rings. The number of methoxy groups -OCH3 is 1. The number of hydrogen-bond donors (Lipinski definition) is 2. The molecular weight excluding hydrogens is 242 g/mol. The summed E-state index contributed by atoms with van der Waals surface area (Å²) in [5.74, 6) is -2.92. The zero-order valence-electron chi connectivity index (χ0n) is 10.1. The van der Waals surface area contributed by atoms with Crippen LogP contribution in [0.3, 0.4) is 0 Å². The minimum Gasteiger partial charge on any atom is -0.497 e. The number of alkyl halides is 2. The van der Waals surface area contributed by atoms with Gasteiger partial charge in [-0.1, -0.05) is 12.1 Å². The molecule has 4 nitrogen and oxygen atoms in total. The summed E-state index contributed by atoms with van der Waals surface area (Å²) in [6.07, 6.45) is 0.0256. The van der Waals surface area contributed by atoms with Crippen molar-refractivity contribution in [3.8, 4) is 5.75 Å². The second-order valence-corrected chi connectivity index (χ2v) is 3.87. The van der Waals surface area contributed by atoms with Crippen LogP contribution < -0.4 is 15.8 Å². The summed E-state index contributed by atoms with van der Waals surface area (Å²) in [6.45, 7) is -1.53. The quantitative estimate of drug-likeness (QED) is 0.798. The Morgan fingerprint density at radius 1 is 1.50 bits per heavy atom. The number of amides is 1. The Balaban J connectivity index is 2.49.